The van der Waals surface area contributed by atoms with Crippen molar-refractivity contribution in [2.75, 3.05) is 6.54 Å². The molecule has 0 fully saturated rings. The molecule has 0 aliphatic heterocycles. The Kier molecular flexibility index (Phi) is 9.41. The van der Waals surface area contributed by atoms with Crippen molar-refractivity contribution in [1.82, 2.24) is 14.9 Å². The van der Waals surface area contributed by atoms with Gasteiger partial charge in [0.15, 0.2) is 0 Å². The minimum absolute atomic E-state index is 0.327. The Morgan fingerprint density at radius 3 is 2.29 bits per heavy atom. The molecule has 2 N–H and O–H groups in total. The number of rotatable bonds is 9. The zero-order chi connectivity index (χ0) is 32.1. The topological polar surface area (TPSA) is 84.2 Å². The zero-order valence-electron chi connectivity index (χ0n) is 23.4. The van der Waals surface area contributed by atoms with Crippen molar-refractivity contribution in [1.29, 1.82) is 0 Å². The summed E-state index contributed by atoms with van der Waals surface area (Å²) in [4.78, 5) is 27.7. The van der Waals surface area contributed by atoms with Gasteiger partial charge in [-0.25, -0.2) is 4.98 Å². The van der Waals surface area contributed by atoms with Gasteiger partial charge in [0.1, 0.15) is 12.4 Å². The smallest absolute Gasteiger partial charge is 0.416 e. The highest BCUT2D eigenvalue weighted by molar-refractivity contribution is 6.36. The highest BCUT2D eigenvalue weighted by Gasteiger charge is 2.30. The number of carboxylic acids is 1. The van der Waals surface area contributed by atoms with Crippen molar-refractivity contribution in [2.45, 2.75) is 12.7 Å². The fourth-order valence-electron chi connectivity index (χ4n) is 4.57. The Bertz CT molecular complexity index is 1880. The van der Waals surface area contributed by atoms with Gasteiger partial charge in [0.25, 0.3) is 5.91 Å². The summed E-state index contributed by atoms with van der Waals surface area (Å²) in [7, 11) is 0. The zero-order valence-corrected chi connectivity index (χ0v) is 24.9. The second-order valence-corrected chi connectivity index (χ2v) is 10.9. The van der Waals surface area contributed by atoms with Gasteiger partial charge in [0.05, 0.1) is 16.3 Å². The number of carbonyl (C=O) groups is 2. The summed E-state index contributed by atoms with van der Waals surface area (Å²) in [6, 6.07) is 24.2. The summed E-state index contributed by atoms with van der Waals surface area (Å²) in [6.45, 7) is -0.0846. The maximum atomic E-state index is 13.2. The second kappa shape index (κ2) is 13.4. The van der Waals surface area contributed by atoms with Crippen LogP contribution in [0.25, 0.3) is 34.5 Å². The first-order valence-corrected chi connectivity index (χ1v) is 14.3. The normalized spacial score (nSPS) is 11.6. The van der Waals surface area contributed by atoms with E-state index in [0.717, 1.165) is 23.3 Å². The number of carboxylic acid groups (broad SMARTS) is 1. The number of hydrogen-bond donors (Lipinski definition) is 2. The molecule has 228 valence electrons. The molecule has 0 saturated heterocycles. The van der Waals surface area contributed by atoms with Gasteiger partial charge in [-0.2, -0.15) is 13.2 Å². The fraction of sp³-hybridized carbons (Fsp3) is 0.0882. The van der Waals surface area contributed by atoms with Gasteiger partial charge >= 0.3 is 12.1 Å². The summed E-state index contributed by atoms with van der Waals surface area (Å²) in [5.74, 6) is -1.03. The lowest BCUT2D eigenvalue weighted by atomic mass is 10.0. The van der Waals surface area contributed by atoms with E-state index in [9.17, 15) is 22.8 Å². The lowest BCUT2D eigenvalue weighted by Gasteiger charge is -2.09. The Morgan fingerprint density at radius 2 is 1.62 bits per heavy atom. The van der Waals surface area contributed by atoms with Gasteiger partial charge < -0.3 is 15.0 Å². The minimum atomic E-state index is -4.42. The van der Waals surface area contributed by atoms with Gasteiger partial charge in [-0.05, 0) is 70.8 Å². The van der Waals surface area contributed by atoms with Crippen LogP contribution >= 0.6 is 23.2 Å². The van der Waals surface area contributed by atoms with E-state index >= 15 is 0 Å². The molecule has 4 aromatic carbocycles. The molecule has 0 spiro atoms. The first-order chi connectivity index (χ1) is 21.5. The van der Waals surface area contributed by atoms with Crippen LogP contribution in [0.4, 0.5) is 13.2 Å². The van der Waals surface area contributed by atoms with Crippen molar-refractivity contribution < 1.29 is 27.9 Å². The minimum Gasteiger partial charge on any atom is -0.480 e. The maximum absolute atomic E-state index is 13.2. The lowest BCUT2D eigenvalue weighted by molar-refractivity contribution is -0.137. The summed E-state index contributed by atoms with van der Waals surface area (Å²) in [5, 5.41) is 12.0. The number of carbonyl (C=O) groups excluding carboxylic acids is 1. The van der Waals surface area contributed by atoms with Crippen molar-refractivity contribution >= 4 is 47.2 Å². The number of aromatic nitrogens is 2. The monoisotopic (exact) mass is 649 g/mol. The SMILES string of the molecule is O=C(O)CNC(=O)c1ccc(Cn2cc(-c3ccc(Cl)cc3Cl)nc2C=Cc2ccc(-c3cccc(C(F)(F)F)c3)cc2)cc1. The van der Waals surface area contributed by atoms with E-state index in [1.165, 1.54) is 6.07 Å². The number of aliphatic carboxylic acids is 1. The van der Waals surface area contributed by atoms with E-state index < -0.39 is 30.2 Å². The molecule has 5 rings (SSSR count). The van der Waals surface area contributed by atoms with Crippen molar-refractivity contribution in [3.05, 3.63) is 135 Å². The molecule has 6 nitrogen and oxygen atoms in total. The number of hydrogen-bond acceptors (Lipinski definition) is 3. The van der Waals surface area contributed by atoms with Crippen LogP contribution in [-0.4, -0.2) is 33.1 Å². The predicted molar refractivity (Wildman–Crippen MR) is 169 cm³/mol. The molecular formula is C34H24Cl2F3N3O3. The van der Waals surface area contributed by atoms with Crippen LogP contribution in [0.1, 0.15) is 32.9 Å². The van der Waals surface area contributed by atoms with Crippen LogP contribution in [0.5, 0.6) is 0 Å². The highest BCUT2D eigenvalue weighted by Crippen LogP contribution is 2.33. The number of benzene rings is 4. The summed E-state index contributed by atoms with van der Waals surface area (Å²) in [5.41, 5.74) is 3.70. The van der Waals surface area contributed by atoms with Gasteiger partial charge in [-0.1, -0.05) is 77.8 Å². The maximum Gasteiger partial charge on any atom is 0.416 e. The number of imidazole rings is 1. The molecule has 1 heterocycles. The van der Waals surface area contributed by atoms with Crippen molar-refractivity contribution in [3.63, 3.8) is 0 Å². The molecule has 1 amide bonds. The van der Waals surface area contributed by atoms with Crippen LogP contribution in [0.2, 0.25) is 10.0 Å². The molecule has 0 radical (unpaired) electrons. The molecular weight excluding hydrogens is 626 g/mol. The van der Waals surface area contributed by atoms with Crippen molar-refractivity contribution in [3.8, 4) is 22.4 Å². The summed E-state index contributed by atoms with van der Waals surface area (Å²) in [6.07, 6.45) is 1.09. The van der Waals surface area contributed by atoms with Gasteiger partial charge in [-0.15, -0.1) is 0 Å². The third-order valence-electron chi connectivity index (χ3n) is 6.84. The Hall–Kier alpha value is -4.86. The molecule has 0 saturated carbocycles. The second-order valence-electron chi connectivity index (χ2n) is 10.0. The molecule has 0 unspecified atom stereocenters. The lowest BCUT2D eigenvalue weighted by Crippen LogP contribution is -2.29. The number of alkyl halides is 3. The average Bonchev–Trinajstić information content (AvgIpc) is 3.41. The molecule has 0 aliphatic carbocycles. The van der Waals surface area contributed by atoms with E-state index in [1.807, 2.05) is 35.0 Å². The molecule has 0 bridgehead atoms. The van der Waals surface area contributed by atoms with Gasteiger partial charge in [0, 0.05) is 28.9 Å². The number of nitrogens with zero attached hydrogens (tertiary/aromatic N) is 2. The predicted octanol–water partition coefficient (Wildman–Crippen LogP) is 8.58. The van der Waals surface area contributed by atoms with Crippen LogP contribution < -0.4 is 5.32 Å². The van der Waals surface area contributed by atoms with Crippen LogP contribution in [-0.2, 0) is 17.5 Å². The van der Waals surface area contributed by atoms with E-state index in [1.54, 1.807) is 60.7 Å². The molecule has 45 heavy (non-hydrogen) atoms. The van der Waals surface area contributed by atoms with Gasteiger partial charge in [-0.3, -0.25) is 9.59 Å². The van der Waals surface area contributed by atoms with Crippen LogP contribution in [0, 0.1) is 0 Å². The first kappa shape index (κ1) is 31.6. The Balaban J connectivity index is 1.41. The Labute approximate surface area is 266 Å². The van der Waals surface area contributed by atoms with Crippen molar-refractivity contribution in [2.24, 2.45) is 0 Å². The number of amides is 1. The number of halogens is 5. The van der Waals surface area contributed by atoms with Crippen LogP contribution in [0.3, 0.4) is 0 Å². The largest absolute Gasteiger partial charge is 0.480 e. The molecule has 5 aromatic rings. The first-order valence-electron chi connectivity index (χ1n) is 13.5. The molecule has 11 heteroatoms. The molecule has 1 aromatic heterocycles. The third kappa shape index (κ3) is 8.00. The van der Waals surface area contributed by atoms with E-state index in [2.05, 4.69) is 5.32 Å². The summed E-state index contributed by atoms with van der Waals surface area (Å²) < 4.78 is 41.4. The average molecular weight is 650 g/mol. The van der Waals surface area contributed by atoms with Gasteiger partial charge in [0.2, 0.25) is 0 Å². The highest BCUT2D eigenvalue weighted by atomic mass is 35.5. The summed E-state index contributed by atoms with van der Waals surface area (Å²) >= 11 is 12.5. The number of nitrogens with one attached hydrogen (secondary N) is 1. The molecule has 0 aliphatic rings. The van der Waals surface area contributed by atoms with E-state index in [0.29, 0.717) is 50.4 Å². The van der Waals surface area contributed by atoms with E-state index in [-0.39, 0.29) is 0 Å². The van der Waals surface area contributed by atoms with Crippen LogP contribution in [0.15, 0.2) is 97.2 Å². The standard InChI is InChI=1S/C34H24Cl2F3N3O3/c35-27-13-14-28(29(36)17-27)30-20-42(19-22-6-11-24(12-7-22)33(45)40-18-32(43)44)31(41-30)15-8-21-4-9-23(10-5-21)25-2-1-3-26(16-25)34(37,38)39/h1-17,20H,18-19H2,(H,40,45)(H,43,44). The quantitative estimate of drug-likeness (QED) is 0.167. The van der Waals surface area contributed by atoms with E-state index in [4.69, 9.17) is 33.3 Å². The third-order valence-corrected chi connectivity index (χ3v) is 7.39. The fourth-order valence-corrected chi connectivity index (χ4v) is 5.07. The Morgan fingerprint density at radius 1 is 0.889 bits per heavy atom. The molecule has 0 atom stereocenters.